The first-order valence-corrected chi connectivity index (χ1v) is 4.46. The molecule has 2 rings (SSSR count). The van der Waals surface area contributed by atoms with Crippen molar-refractivity contribution in [3.05, 3.63) is 28.0 Å². The number of carbonyl (C=O) groups excluding carboxylic acids is 2. The molecule has 0 saturated carbocycles. The smallest absolute Gasteiger partial charge is 1.00 e. The van der Waals surface area contributed by atoms with E-state index in [-0.39, 0.29) is 43.3 Å². The minimum atomic E-state index is -0.691. The molecule has 1 saturated heterocycles. The van der Waals surface area contributed by atoms with Gasteiger partial charge in [0.15, 0.2) is 5.76 Å². The Balaban J connectivity index is 0.00000162. The Morgan fingerprint density at radius 1 is 1.56 bits per heavy atom. The summed E-state index contributed by atoms with van der Waals surface area (Å²) in [6, 6.07) is 1.85. The zero-order valence-electron chi connectivity index (χ0n) is 10.3. The second-order valence-electron chi connectivity index (χ2n) is 3.09. The average molecular weight is 262 g/mol. The minimum absolute atomic E-state index is 0. The number of imide groups is 1. The normalized spacial score (nSPS) is 14.8. The van der Waals surface area contributed by atoms with E-state index in [0.29, 0.717) is 0 Å². The summed E-state index contributed by atoms with van der Waals surface area (Å²) in [6.45, 7) is -0.182. The number of hydrogen-bond donors (Lipinski definition) is 1. The topological polar surface area (TPSA) is 118 Å². The first-order chi connectivity index (χ1) is 8.06. The van der Waals surface area contributed by atoms with Crippen LogP contribution in [0.25, 0.3) is 0 Å². The van der Waals surface area contributed by atoms with E-state index in [2.05, 4.69) is 5.10 Å². The van der Waals surface area contributed by atoms with Gasteiger partial charge in [0, 0.05) is 0 Å². The first-order valence-electron chi connectivity index (χ1n) is 4.46. The number of furan rings is 1. The largest absolute Gasteiger partial charge is 1.00 e. The van der Waals surface area contributed by atoms with Crippen molar-refractivity contribution < 1.29 is 49.9 Å². The Hall–Kier alpha value is -1.71. The molecule has 2 heterocycles. The fourth-order valence-electron chi connectivity index (χ4n) is 1.16. The molecule has 1 aliphatic rings. The Labute approximate surface area is 124 Å². The monoisotopic (exact) mass is 262 g/mol. The number of hydrogen-bond acceptors (Lipinski definition) is 6. The first kappa shape index (κ1) is 14.4. The fraction of sp³-hybridized carbons (Fsp3) is 0.125. The molecule has 18 heavy (non-hydrogen) atoms. The van der Waals surface area contributed by atoms with Gasteiger partial charge in [-0.3, -0.25) is 20.2 Å². The standard InChI is InChI=1S/C8H6N4O5.Na.H/c13-6-4-11(8(14)10-6)9-3-5-1-2-7(17-5)12(15)16;;/h1-3H,4H2,(H,10,13,14);;/q;+1;-1. The second kappa shape index (κ2) is 5.76. The zero-order valence-corrected chi connectivity index (χ0v) is 11.3. The molecular weight excluding hydrogens is 255 g/mol. The third-order valence-corrected chi connectivity index (χ3v) is 1.89. The molecule has 1 fully saturated rings. The van der Waals surface area contributed by atoms with Gasteiger partial charge in [-0.05, 0) is 6.07 Å². The fourth-order valence-corrected chi connectivity index (χ4v) is 1.16. The van der Waals surface area contributed by atoms with E-state index < -0.39 is 22.7 Å². The maximum Gasteiger partial charge on any atom is 1.00 e. The maximum atomic E-state index is 11.1. The maximum absolute atomic E-state index is 11.1. The summed E-state index contributed by atoms with van der Waals surface area (Å²) < 4.78 is 4.78. The third kappa shape index (κ3) is 3.15. The molecule has 10 heteroatoms. The van der Waals surface area contributed by atoms with Crippen molar-refractivity contribution in [3.8, 4) is 0 Å². The molecule has 0 aromatic carbocycles. The third-order valence-electron chi connectivity index (χ3n) is 1.89. The van der Waals surface area contributed by atoms with Crippen molar-refractivity contribution >= 4 is 24.0 Å². The van der Waals surface area contributed by atoms with Crippen LogP contribution in [-0.4, -0.2) is 34.6 Å². The number of hydrazone groups is 1. The summed E-state index contributed by atoms with van der Waals surface area (Å²) in [4.78, 5) is 31.5. The van der Waals surface area contributed by atoms with Crippen molar-refractivity contribution in [1.29, 1.82) is 0 Å². The SMILES string of the molecule is O=C1CN(N=Cc2ccc([N+](=O)[O-])o2)C(=O)N1.[H-].[Na+]. The molecule has 0 radical (unpaired) electrons. The molecular formula is C8H7N4NaO5. The molecule has 0 unspecified atom stereocenters. The van der Waals surface area contributed by atoms with Crippen LogP contribution in [0.1, 0.15) is 7.19 Å². The molecule has 3 amide bonds. The number of nitro groups is 1. The van der Waals surface area contributed by atoms with Crippen molar-refractivity contribution in [3.63, 3.8) is 0 Å². The van der Waals surface area contributed by atoms with Crippen LogP contribution >= 0.6 is 0 Å². The van der Waals surface area contributed by atoms with Crippen LogP contribution in [0.15, 0.2) is 21.7 Å². The van der Waals surface area contributed by atoms with Gasteiger partial charge in [0.25, 0.3) is 0 Å². The molecule has 0 aliphatic carbocycles. The predicted molar refractivity (Wildman–Crippen MR) is 54.3 cm³/mol. The van der Waals surface area contributed by atoms with Crippen molar-refractivity contribution in [1.82, 2.24) is 10.3 Å². The van der Waals surface area contributed by atoms with E-state index >= 15 is 0 Å². The number of rotatable bonds is 3. The Morgan fingerprint density at radius 3 is 2.78 bits per heavy atom. The summed E-state index contributed by atoms with van der Waals surface area (Å²) in [5, 5.41) is 16.9. The van der Waals surface area contributed by atoms with Gasteiger partial charge in [-0.15, -0.1) is 0 Å². The van der Waals surface area contributed by atoms with Crippen LogP contribution in [0.2, 0.25) is 0 Å². The van der Waals surface area contributed by atoms with Gasteiger partial charge < -0.3 is 5.84 Å². The van der Waals surface area contributed by atoms with Crippen molar-refractivity contribution in [2.24, 2.45) is 5.10 Å². The van der Waals surface area contributed by atoms with Crippen LogP contribution in [0, 0.1) is 10.1 Å². The van der Waals surface area contributed by atoms with Crippen molar-refractivity contribution in [2.45, 2.75) is 0 Å². The van der Waals surface area contributed by atoms with E-state index in [9.17, 15) is 19.7 Å². The van der Waals surface area contributed by atoms with Gasteiger partial charge in [-0.25, -0.2) is 9.80 Å². The molecule has 1 N–H and O–H groups in total. The second-order valence-corrected chi connectivity index (χ2v) is 3.09. The van der Waals surface area contributed by atoms with Gasteiger partial charge in [-0.2, -0.15) is 5.10 Å². The number of urea groups is 1. The van der Waals surface area contributed by atoms with Crippen molar-refractivity contribution in [2.75, 3.05) is 6.54 Å². The average Bonchev–Trinajstić information content (AvgIpc) is 2.82. The molecule has 90 valence electrons. The van der Waals surface area contributed by atoms with Crippen LogP contribution in [0.4, 0.5) is 10.7 Å². The van der Waals surface area contributed by atoms with Crippen LogP contribution in [-0.2, 0) is 4.79 Å². The predicted octanol–water partition coefficient (Wildman–Crippen LogP) is -2.81. The summed E-state index contributed by atoms with van der Waals surface area (Å²) in [5.74, 6) is -0.769. The minimum Gasteiger partial charge on any atom is -1.00 e. The Bertz CT molecular complexity index is 531. The number of nitrogens with one attached hydrogen (secondary N) is 1. The Kier molecular flexibility index (Phi) is 4.59. The van der Waals surface area contributed by atoms with Gasteiger partial charge >= 0.3 is 41.5 Å². The van der Waals surface area contributed by atoms with E-state index in [1.807, 2.05) is 5.32 Å². The van der Waals surface area contributed by atoms with Crippen LogP contribution in [0.3, 0.4) is 0 Å². The molecule has 0 atom stereocenters. The number of carbonyl (C=O) groups is 2. The summed E-state index contributed by atoms with van der Waals surface area (Å²) >= 11 is 0. The van der Waals surface area contributed by atoms with Gasteiger partial charge in [0.1, 0.15) is 11.5 Å². The summed E-state index contributed by atoms with van der Waals surface area (Å²) in [7, 11) is 0. The zero-order chi connectivity index (χ0) is 12.4. The molecule has 1 aromatic heterocycles. The molecule has 0 bridgehead atoms. The Morgan fingerprint density at radius 2 is 2.28 bits per heavy atom. The van der Waals surface area contributed by atoms with Crippen LogP contribution in [0.5, 0.6) is 0 Å². The van der Waals surface area contributed by atoms with Gasteiger partial charge in [0.2, 0.25) is 5.91 Å². The van der Waals surface area contributed by atoms with E-state index in [1.165, 1.54) is 6.07 Å². The van der Waals surface area contributed by atoms with Gasteiger partial charge in [-0.1, -0.05) is 0 Å². The van der Waals surface area contributed by atoms with E-state index in [1.54, 1.807) is 0 Å². The van der Waals surface area contributed by atoms with E-state index in [4.69, 9.17) is 4.42 Å². The molecule has 1 aliphatic heterocycles. The molecule has 0 spiro atoms. The van der Waals surface area contributed by atoms with Crippen LogP contribution < -0.4 is 34.9 Å². The summed E-state index contributed by atoms with van der Waals surface area (Å²) in [5.41, 5.74) is 0. The number of nitrogens with zero attached hydrogens (tertiary/aromatic N) is 3. The quantitative estimate of drug-likeness (QED) is 0.207. The van der Waals surface area contributed by atoms with Gasteiger partial charge in [0.05, 0.1) is 12.3 Å². The summed E-state index contributed by atoms with van der Waals surface area (Å²) in [6.07, 6.45) is 1.12. The van der Waals surface area contributed by atoms with E-state index in [0.717, 1.165) is 17.3 Å². The molecule has 1 aromatic rings. The molecule has 9 nitrogen and oxygen atoms in total. The number of amides is 3.